The van der Waals surface area contributed by atoms with Crippen molar-refractivity contribution in [1.29, 1.82) is 0 Å². The smallest absolute Gasteiger partial charge is 0.0208 e. The summed E-state index contributed by atoms with van der Waals surface area (Å²) in [6, 6.07) is 0. The van der Waals surface area contributed by atoms with E-state index in [9.17, 15) is 0 Å². The molecule has 2 saturated carbocycles. The zero-order valence-corrected chi connectivity index (χ0v) is 17.4. The summed E-state index contributed by atoms with van der Waals surface area (Å²) < 4.78 is 0. The minimum Gasteiger partial charge on any atom is -0.0995 e. The molecular weight excluding hydrogens is 400 g/mol. The standard InChI is InChI=1S/C20H30Br2/c1-13(2)15-6-5-7-16-18-14(3)8-9-17(22)19(18,4)10-11-20(15,16)12-21/h5,7,13,15-18H,3,6,8-12H2,1-2,4H3/t15-,16-,17-,18-,19+,20-/m0/s1. The van der Waals surface area contributed by atoms with Gasteiger partial charge in [-0.1, -0.05) is 76.9 Å². The van der Waals surface area contributed by atoms with Crippen LogP contribution in [0.25, 0.3) is 0 Å². The molecule has 0 saturated heterocycles. The van der Waals surface area contributed by atoms with Crippen LogP contribution in [0.4, 0.5) is 0 Å². The van der Waals surface area contributed by atoms with Crippen LogP contribution in [-0.4, -0.2) is 10.2 Å². The second kappa shape index (κ2) is 6.06. The second-order valence-electron chi connectivity index (χ2n) is 8.55. The van der Waals surface area contributed by atoms with Gasteiger partial charge in [-0.15, -0.1) is 0 Å². The van der Waals surface area contributed by atoms with Crippen molar-refractivity contribution >= 4 is 31.9 Å². The van der Waals surface area contributed by atoms with Crippen LogP contribution in [0.2, 0.25) is 0 Å². The lowest BCUT2D eigenvalue weighted by atomic mass is 9.44. The monoisotopic (exact) mass is 428 g/mol. The van der Waals surface area contributed by atoms with Crippen LogP contribution in [0.3, 0.4) is 0 Å². The highest BCUT2D eigenvalue weighted by Crippen LogP contribution is 2.66. The summed E-state index contributed by atoms with van der Waals surface area (Å²) in [5, 5.41) is 1.14. The molecule has 0 aromatic carbocycles. The molecule has 0 spiro atoms. The Bertz CT molecular complexity index is 480. The zero-order valence-electron chi connectivity index (χ0n) is 14.2. The summed E-state index contributed by atoms with van der Waals surface area (Å²) >= 11 is 7.98. The molecule has 3 rings (SSSR count). The van der Waals surface area contributed by atoms with Gasteiger partial charge >= 0.3 is 0 Å². The number of rotatable bonds is 2. The van der Waals surface area contributed by atoms with Gasteiger partial charge in [-0.2, -0.15) is 0 Å². The topological polar surface area (TPSA) is 0 Å². The maximum Gasteiger partial charge on any atom is 0.0208 e. The van der Waals surface area contributed by atoms with Crippen LogP contribution >= 0.6 is 31.9 Å². The van der Waals surface area contributed by atoms with Crippen molar-refractivity contribution in [3.63, 3.8) is 0 Å². The van der Waals surface area contributed by atoms with Crippen molar-refractivity contribution in [2.75, 3.05) is 5.33 Å². The molecule has 0 radical (unpaired) electrons. The fraction of sp³-hybridized carbons (Fsp3) is 0.800. The van der Waals surface area contributed by atoms with E-state index < -0.39 is 0 Å². The van der Waals surface area contributed by atoms with Gasteiger partial charge in [0.05, 0.1) is 0 Å². The van der Waals surface area contributed by atoms with Crippen molar-refractivity contribution in [1.82, 2.24) is 0 Å². The van der Waals surface area contributed by atoms with Gasteiger partial charge in [-0.25, -0.2) is 0 Å². The van der Waals surface area contributed by atoms with Gasteiger partial charge in [0, 0.05) is 10.2 Å². The molecule has 124 valence electrons. The molecule has 3 aliphatic carbocycles. The van der Waals surface area contributed by atoms with Crippen molar-refractivity contribution in [3.05, 3.63) is 24.3 Å². The summed E-state index contributed by atoms with van der Waals surface area (Å²) in [7, 11) is 0. The first-order valence-corrected chi connectivity index (χ1v) is 10.9. The van der Waals surface area contributed by atoms with Gasteiger partial charge in [0.25, 0.3) is 0 Å². The fourth-order valence-electron chi connectivity index (χ4n) is 5.97. The van der Waals surface area contributed by atoms with E-state index in [4.69, 9.17) is 0 Å². The van der Waals surface area contributed by atoms with E-state index in [0.29, 0.717) is 27.5 Å². The van der Waals surface area contributed by atoms with E-state index >= 15 is 0 Å². The Morgan fingerprint density at radius 2 is 2.09 bits per heavy atom. The van der Waals surface area contributed by atoms with Gasteiger partial charge in [0.1, 0.15) is 0 Å². The van der Waals surface area contributed by atoms with Crippen LogP contribution in [0.15, 0.2) is 24.3 Å². The average molecular weight is 430 g/mol. The maximum absolute atomic E-state index is 4.53. The van der Waals surface area contributed by atoms with Crippen LogP contribution in [0.1, 0.15) is 52.9 Å². The van der Waals surface area contributed by atoms with Crippen molar-refractivity contribution in [3.8, 4) is 0 Å². The lowest BCUT2D eigenvalue weighted by Crippen LogP contribution is -2.57. The Kier molecular flexibility index (Phi) is 4.76. The van der Waals surface area contributed by atoms with E-state index in [2.05, 4.69) is 71.4 Å². The summed E-state index contributed by atoms with van der Waals surface area (Å²) in [4.78, 5) is 0.650. The number of hydrogen-bond donors (Lipinski definition) is 0. The highest BCUT2D eigenvalue weighted by molar-refractivity contribution is 9.09. The van der Waals surface area contributed by atoms with Crippen molar-refractivity contribution in [2.45, 2.75) is 57.7 Å². The minimum atomic E-state index is 0.384. The maximum atomic E-state index is 4.53. The second-order valence-corrected chi connectivity index (χ2v) is 10.2. The number of fused-ring (bicyclic) bond motifs is 3. The van der Waals surface area contributed by atoms with Crippen LogP contribution < -0.4 is 0 Å². The molecule has 0 nitrogen and oxygen atoms in total. The van der Waals surface area contributed by atoms with Crippen LogP contribution in [-0.2, 0) is 0 Å². The Hall–Kier alpha value is 0.440. The third kappa shape index (κ3) is 2.34. The quantitative estimate of drug-likeness (QED) is 0.336. The molecule has 2 fully saturated rings. The Morgan fingerprint density at radius 1 is 1.36 bits per heavy atom. The van der Waals surface area contributed by atoms with Crippen LogP contribution in [0, 0.1) is 34.5 Å². The molecule has 2 heteroatoms. The fourth-order valence-corrected chi connectivity index (χ4v) is 7.78. The molecule has 0 aliphatic heterocycles. The Morgan fingerprint density at radius 3 is 2.73 bits per heavy atom. The normalized spacial score (nSPS) is 48.2. The van der Waals surface area contributed by atoms with Gasteiger partial charge in [0.15, 0.2) is 0 Å². The molecule has 22 heavy (non-hydrogen) atoms. The Balaban J connectivity index is 2.07. The lowest BCUT2D eigenvalue weighted by Gasteiger charge is -2.62. The van der Waals surface area contributed by atoms with E-state index in [1.807, 2.05) is 0 Å². The minimum absolute atomic E-state index is 0.384. The van der Waals surface area contributed by atoms with E-state index in [0.717, 1.165) is 17.2 Å². The molecule has 0 unspecified atom stereocenters. The third-order valence-electron chi connectivity index (χ3n) is 7.26. The van der Waals surface area contributed by atoms with E-state index in [1.54, 1.807) is 0 Å². The SMILES string of the molecule is C=C1CC[C@H](Br)[C@@]2(C)CC[C@]3(CBr)[C@H](C(C)C)CC=C[C@H]3[C@H]12. The largest absolute Gasteiger partial charge is 0.0995 e. The van der Waals surface area contributed by atoms with Gasteiger partial charge in [-0.3, -0.25) is 0 Å². The van der Waals surface area contributed by atoms with Crippen LogP contribution in [0.5, 0.6) is 0 Å². The molecule has 6 atom stereocenters. The number of halogens is 2. The molecule has 3 aliphatic rings. The van der Waals surface area contributed by atoms with Gasteiger partial charge in [0.2, 0.25) is 0 Å². The lowest BCUT2D eigenvalue weighted by molar-refractivity contribution is -0.0553. The first kappa shape index (κ1) is 17.3. The van der Waals surface area contributed by atoms with E-state index in [-0.39, 0.29) is 0 Å². The molecule has 0 heterocycles. The number of alkyl halides is 2. The first-order chi connectivity index (χ1) is 10.4. The molecular formula is C20H30Br2. The van der Waals surface area contributed by atoms with Gasteiger partial charge in [-0.05, 0) is 66.6 Å². The van der Waals surface area contributed by atoms with Gasteiger partial charge < -0.3 is 0 Å². The number of allylic oxidation sites excluding steroid dienone is 3. The third-order valence-corrected chi connectivity index (χ3v) is 9.81. The Labute approximate surface area is 153 Å². The average Bonchev–Trinajstić information content (AvgIpc) is 2.50. The molecule has 0 amide bonds. The highest BCUT2D eigenvalue weighted by atomic mass is 79.9. The molecule has 0 bridgehead atoms. The predicted molar refractivity (Wildman–Crippen MR) is 104 cm³/mol. The summed E-state index contributed by atoms with van der Waals surface area (Å²) in [5.41, 5.74) is 2.33. The molecule has 0 N–H and O–H groups in total. The van der Waals surface area contributed by atoms with E-state index in [1.165, 1.54) is 37.7 Å². The summed E-state index contributed by atoms with van der Waals surface area (Å²) in [6.07, 6.45) is 11.5. The summed E-state index contributed by atoms with van der Waals surface area (Å²) in [6.45, 7) is 11.9. The first-order valence-electron chi connectivity index (χ1n) is 8.91. The summed E-state index contributed by atoms with van der Waals surface area (Å²) in [5.74, 6) is 2.87. The zero-order chi connectivity index (χ0) is 16.1. The molecule has 0 aromatic rings. The molecule has 0 aromatic heterocycles. The predicted octanol–water partition coefficient (Wildman–Crippen LogP) is 6.75. The van der Waals surface area contributed by atoms with Crippen molar-refractivity contribution in [2.24, 2.45) is 34.5 Å². The van der Waals surface area contributed by atoms with Crippen molar-refractivity contribution < 1.29 is 0 Å². The number of hydrogen-bond acceptors (Lipinski definition) is 0. The highest BCUT2D eigenvalue weighted by Gasteiger charge is 2.59.